The van der Waals surface area contributed by atoms with E-state index in [1.807, 2.05) is 0 Å². The van der Waals surface area contributed by atoms with E-state index in [0.717, 1.165) is 41.7 Å². The lowest BCUT2D eigenvalue weighted by atomic mass is 9.76. The van der Waals surface area contributed by atoms with Crippen molar-refractivity contribution in [1.29, 1.82) is 0 Å². The van der Waals surface area contributed by atoms with Crippen LogP contribution in [0.4, 0.5) is 0 Å². The van der Waals surface area contributed by atoms with Crippen LogP contribution in [-0.2, 0) is 0 Å². The monoisotopic (exact) mass is 253 g/mol. The molecule has 1 nitrogen and oxygen atoms in total. The molecule has 0 spiro atoms. The maximum atomic E-state index is 3.99. The van der Waals surface area contributed by atoms with E-state index >= 15 is 0 Å². The van der Waals surface area contributed by atoms with E-state index in [9.17, 15) is 0 Å². The SMILES string of the molecule is c1ccc(C2CC(NC3C4C5CCC(C5)C34)C2)cc1. The molecule has 1 aromatic rings. The van der Waals surface area contributed by atoms with Crippen LogP contribution in [0.3, 0.4) is 0 Å². The predicted octanol–water partition coefficient (Wildman–Crippen LogP) is 3.57. The predicted molar refractivity (Wildman–Crippen MR) is 76.9 cm³/mol. The van der Waals surface area contributed by atoms with Gasteiger partial charge in [-0.1, -0.05) is 30.3 Å². The van der Waals surface area contributed by atoms with Gasteiger partial charge >= 0.3 is 0 Å². The average Bonchev–Trinajstić information content (AvgIpc) is 2.79. The first-order chi connectivity index (χ1) is 9.40. The number of fused-ring (bicyclic) bond motifs is 5. The second-order valence-corrected chi connectivity index (χ2v) is 7.46. The van der Waals surface area contributed by atoms with Crippen molar-refractivity contribution >= 4 is 0 Å². The highest BCUT2D eigenvalue weighted by Gasteiger charge is 2.65. The van der Waals surface area contributed by atoms with Gasteiger partial charge in [0.25, 0.3) is 0 Å². The van der Waals surface area contributed by atoms with Gasteiger partial charge in [0, 0.05) is 12.1 Å². The molecule has 4 aliphatic carbocycles. The molecule has 5 rings (SSSR count). The van der Waals surface area contributed by atoms with Crippen molar-refractivity contribution in [2.45, 2.75) is 50.1 Å². The van der Waals surface area contributed by atoms with E-state index in [0.29, 0.717) is 0 Å². The van der Waals surface area contributed by atoms with Crippen molar-refractivity contribution in [3.8, 4) is 0 Å². The lowest BCUT2D eigenvalue weighted by Gasteiger charge is -2.37. The van der Waals surface area contributed by atoms with Gasteiger partial charge in [-0.2, -0.15) is 0 Å². The summed E-state index contributed by atoms with van der Waals surface area (Å²) >= 11 is 0. The Morgan fingerprint density at radius 1 is 0.842 bits per heavy atom. The second-order valence-electron chi connectivity index (χ2n) is 7.46. The summed E-state index contributed by atoms with van der Waals surface area (Å²) in [6.07, 6.45) is 7.40. The van der Waals surface area contributed by atoms with Crippen molar-refractivity contribution in [2.24, 2.45) is 23.7 Å². The normalized spacial score (nSPS) is 49.8. The number of hydrogen-bond donors (Lipinski definition) is 1. The van der Waals surface area contributed by atoms with Gasteiger partial charge in [0.15, 0.2) is 0 Å². The smallest absolute Gasteiger partial charge is 0.0138 e. The van der Waals surface area contributed by atoms with Crippen molar-refractivity contribution in [3.05, 3.63) is 35.9 Å². The number of benzene rings is 1. The van der Waals surface area contributed by atoms with Crippen molar-refractivity contribution in [2.75, 3.05) is 0 Å². The van der Waals surface area contributed by atoms with Crippen LogP contribution < -0.4 is 5.32 Å². The fourth-order valence-corrected chi connectivity index (χ4v) is 5.57. The molecule has 0 saturated heterocycles. The zero-order valence-electron chi connectivity index (χ0n) is 11.5. The molecule has 1 aromatic carbocycles. The molecule has 100 valence electrons. The van der Waals surface area contributed by atoms with E-state index in [1.54, 1.807) is 24.8 Å². The molecule has 0 heterocycles. The molecular weight excluding hydrogens is 230 g/mol. The summed E-state index contributed by atoms with van der Waals surface area (Å²) in [6.45, 7) is 0. The minimum atomic E-state index is 0.820. The van der Waals surface area contributed by atoms with Crippen LogP contribution in [0.1, 0.15) is 43.6 Å². The third kappa shape index (κ3) is 1.57. The van der Waals surface area contributed by atoms with Crippen LogP contribution in [0.5, 0.6) is 0 Å². The first-order valence-corrected chi connectivity index (χ1v) is 8.21. The standard InChI is InChI=1S/C18H23N/c1-2-4-11(5-3-1)14-9-15(10-14)19-18-16-12-6-7-13(8-12)17(16)18/h1-5,12-19H,6-10H2. The Morgan fingerprint density at radius 3 is 2.21 bits per heavy atom. The Labute approximate surface area is 115 Å². The van der Waals surface area contributed by atoms with Crippen LogP contribution >= 0.6 is 0 Å². The molecule has 2 bridgehead atoms. The van der Waals surface area contributed by atoms with Gasteiger partial charge in [-0.3, -0.25) is 0 Å². The molecule has 19 heavy (non-hydrogen) atoms. The Hall–Kier alpha value is -0.820. The molecule has 0 aromatic heterocycles. The molecule has 1 heteroatoms. The van der Waals surface area contributed by atoms with E-state index in [-0.39, 0.29) is 0 Å². The summed E-state index contributed by atoms with van der Waals surface area (Å²) in [5.41, 5.74) is 1.55. The number of rotatable bonds is 3. The lowest BCUT2D eigenvalue weighted by Crippen LogP contribution is -2.42. The van der Waals surface area contributed by atoms with Gasteiger partial charge < -0.3 is 5.32 Å². The van der Waals surface area contributed by atoms with Gasteiger partial charge in [0.2, 0.25) is 0 Å². The van der Waals surface area contributed by atoms with Crippen LogP contribution in [0, 0.1) is 23.7 Å². The summed E-state index contributed by atoms with van der Waals surface area (Å²) in [5, 5.41) is 3.99. The number of hydrogen-bond acceptors (Lipinski definition) is 1. The summed E-state index contributed by atoms with van der Waals surface area (Å²) in [6, 6.07) is 12.8. The zero-order chi connectivity index (χ0) is 12.4. The summed E-state index contributed by atoms with van der Waals surface area (Å²) < 4.78 is 0. The Balaban J connectivity index is 1.17. The third-order valence-corrected chi connectivity index (χ3v) is 6.57. The molecule has 4 aliphatic rings. The fourth-order valence-electron chi connectivity index (χ4n) is 5.57. The quantitative estimate of drug-likeness (QED) is 0.868. The van der Waals surface area contributed by atoms with Gasteiger partial charge in [0.1, 0.15) is 0 Å². The minimum Gasteiger partial charge on any atom is -0.311 e. The highest BCUT2D eigenvalue weighted by Crippen LogP contribution is 2.66. The third-order valence-electron chi connectivity index (χ3n) is 6.57. The Bertz CT molecular complexity index is 460. The van der Waals surface area contributed by atoms with Crippen molar-refractivity contribution in [1.82, 2.24) is 5.32 Å². The molecule has 4 saturated carbocycles. The largest absolute Gasteiger partial charge is 0.311 e. The van der Waals surface area contributed by atoms with Crippen LogP contribution in [0.25, 0.3) is 0 Å². The second kappa shape index (κ2) is 3.85. The molecule has 0 radical (unpaired) electrons. The molecule has 4 unspecified atom stereocenters. The Morgan fingerprint density at radius 2 is 1.53 bits per heavy atom. The lowest BCUT2D eigenvalue weighted by molar-refractivity contribution is 0.272. The first-order valence-electron chi connectivity index (χ1n) is 8.21. The zero-order valence-corrected chi connectivity index (χ0v) is 11.5. The fraction of sp³-hybridized carbons (Fsp3) is 0.667. The van der Waals surface area contributed by atoms with Crippen LogP contribution in [0.15, 0.2) is 30.3 Å². The topological polar surface area (TPSA) is 12.0 Å². The summed E-state index contributed by atoms with van der Waals surface area (Å²) in [7, 11) is 0. The first kappa shape index (κ1) is 10.9. The van der Waals surface area contributed by atoms with E-state index in [1.165, 1.54) is 12.8 Å². The molecular formula is C18H23N. The molecule has 1 N–H and O–H groups in total. The highest BCUT2D eigenvalue weighted by atomic mass is 15.1. The van der Waals surface area contributed by atoms with Gasteiger partial charge in [-0.25, -0.2) is 0 Å². The summed E-state index contributed by atoms with van der Waals surface area (Å²) in [5.74, 6) is 5.23. The van der Waals surface area contributed by atoms with Gasteiger partial charge in [-0.05, 0) is 67.3 Å². The maximum Gasteiger partial charge on any atom is 0.0138 e. The van der Waals surface area contributed by atoms with E-state index in [4.69, 9.17) is 0 Å². The number of nitrogens with one attached hydrogen (secondary N) is 1. The van der Waals surface area contributed by atoms with Crippen LogP contribution in [0.2, 0.25) is 0 Å². The van der Waals surface area contributed by atoms with Crippen molar-refractivity contribution in [3.63, 3.8) is 0 Å². The summed E-state index contributed by atoms with van der Waals surface area (Å²) in [4.78, 5) is 0. The van der Waals surface area contributed by atoms with Crippen molar-refractivity contribution < 1.29 is 0 Å². The van der Waals surface area contributed by atoms with Gasteiger partial charge in [0.05, 0.1) is 0 Å². The maximum absolute atomic E-state index is 3.99. The van der Waals surface area contributed by atoms with E-state index < -0.39 is 0 Å². The Kier molecular flexibility index (Phi) is 2.21. The van der Waals surface area contributed by atoms with E-state index in [2.05, 4.69) is 35.6 Å². The molecule has 4 fully saturated rings. The molecule has 0 aliphatic heterocycles. The van der Waals surface area contributed by atoms with Crippen LogP contribution in [-0.4, -0.2) is 12.1 Å². The molecule has 4 atom stereocenters. The molecule has 0 amide bonds. The average molecular weight is 253 g/mol. The van der Waals surface area contributed by atoms with Gasteiger partial charge in [-0.15, -0.1) is 0 Å². The highest BCUT2D eigenvalue weighted by molar-refractivity contribution is 5.24. The minimum absolute atomic E-state index is 0.820.